The number of carbonyl (C=O) groups is 2. The van der Waals surface area contributed by atoms with Gasteiger partial charge in [0.2, 0.25) is 5.91 Å². The number of carbonyl (C=O) groups excluding carboxylic acids is 1. The topological polar surface area (TPSA) is 113 Å². The van der Waals surface area contributed by atoms with Gasteiger partial charge in [-0.25, -0.2) is 0 Å². The molecule has 0 aromatic heterocycles. The lowest BCUT2D eigenvalue weighted by Crippen LogP contribution is -2.37. The molecule has 0 heterocycles. The number of anilines is 1. The number of nitrogens with two attached hydrogens (primary N) is 1. The van der Waals surface area contributed by atoms with Crippen LogP contribution in [0.25, 0.3) is 0 Å². The van der Waals surface area contributed by atoms with Crippen molar-refractivity contribution in [2.75, 3.05) is 5.32 Å². The van der Waals surface area contributed by atoms with E-state index in [4.69, 9.17) is 10.8 Å². The molecule has 0 fully saturated rings. The number of carboxylic acid groups (broad SMARTS) is 1. The van der Waals surface area contributed by atoms with Crippen LogP contribution in [0.15, 0.2) is 18.2 Å². The van der Waals surface area contributed by atoms with Gasteiger partial charge in [-0.15, -0.1) is 0 Å². The van der Waals surface area contributed by atoms with Gasteiger partial charge in [-0.05, 0) is 18.6 Å². The van der Waals surface area contributed by atoms with Crippen LogP contribution >= 0.6 is 0 Å². The van der Waals surface area contributed by atoms with Crippen LogP contribution in [0.2, 0.25) is 0 Å². The third-order valence-electron chi connectivity index (χ3n) is 2.21. The average Bonchev–Trinajstić information content (AvgIpc) is 2.22. The minimum Gasteiger partial charge on any atom is -0.508 e. The first-order valence-electron chi connectivity index (χ1n) is 4.98. The number of benzene rings is 1. The summed E-state index contributed by atoms with van der Waals surface area (Å²) in [6, 6.07) is 3.49. The van der Waals surface area contributed by atoms with Crippen LogP contribution in [0.5, 0.6) is 5.75 Å². The van der Waals surface area contributed by atoms with Gasteiger partial charge in [0, 0.05) is 11.8 Å². The predicted molar refractivity (Wildman–Crippen MR) is 61.7 cm³/mol. The van der Waals surface area contributed by atoms with E-state index < -0.39 is 24.3 Å². The summed E-state index contributed by atoms with van der Waals surface area (Å²) in [5.74, 6) is -1.69. The Morgan fingerprint density at radius 2 is 2.12 bits per heavy atom. The van der Waals surface area contributed by atoms with Crippen LogP contribution in [0.1, 0.15) is 12.0 Å². The second kappa shape index (κ2) is 5.31. The lowest BCUT2D eigenvalue weighted by molar-refractivity contribution is -0.138. The molecule has 1 amide bonds. The SMILES string of the molecule is Cc1ccc(NC(=O)C(N)CC(=O)O)cc1O. The van der Waals surface area contributed by atoms with Gasteiger partial charge >= 0.3 is 5.97 Å². The molecule has 92 valence electrons. The summed E-state index contributed by atoms with van der Waals surface area (Å²) >= 11 is 0. The zero-order valence-corrected chi connectivity index (χ0v) is 9.30. The van der Waals surface area contributed by atoms with E-state index >= 15 is 0 Å². The lowest BCUT2D eigenvalue weighted by Gasteiger charge is -2.10. The van der Waals surface area contributed by atoms with Gasteiger partial charge in [-0.1, -0.05) is 6.07 Å². The molecule has 0 aliphatic carbocycles. The number of aliphatic carboxylic acids is 1. The van der Waals surface area contributed by atoms with Crippen molar-refractivity contribution in [3.05, 3.63) is 23.8 Å². The second-order valence-corrected chi connectivity index (χ2v) is 3.69. The molecular formula is C11H14N2O4. The number of nitrogens with one attached hydrogen (secondary N) is 1. The maximum Gasteiger partial charge on any atom is 0.305 e. The second-order valence-electron chi connectivity index (χ2n) is 3.69. The van der Waals surface area contributed by atoms with E-state index in [1.807, 2.05) is 0 Å². The molecule has 1 unspecified atom stereocenters. The smallest absolute Gasteiger partial charge is 0.305 e. The molecule has 0 bridgehead atoms. The van der Waals surface area contributed by atoms with Gasteiger partial charge in [0.15, 0.2) is 0 Å². The van der Waals surface area contributed by atoms with E-state index in [1.165, 1.54) is 6.07 Å². The van der Waals surface area contributed by atoms with Crippen molar-refractivity contribution in [1.29, 1.82) is 0 Å². The Labute approximate surface area is 98.1 Å². The number of phenolic OH excluding ortho intramolecular Hbond substituents is 1. The van der Waals surface area contributed by atoms with Crippen molar-refractivity contribution in [2.45, 2.75) is 19.4 Å². The minimum absolute atomic E-state index is 0.0506. The zero-order chi connectivity index (χ0) is 13.0. The normalized spacial score (nSPS) is 11.9. The third-order valence-corrected chi connectivity index (χ3v) is 2.21. The molecular weight excluding hydrogens is 224 g/mol. The number of aromatic hydroxyl groups is 1. The van der Waals surface area contributed by atoms with E-state index in [0.717, 1.165) is 0 Å². The van der Waals surface area contributed by atoms with Crippen molar-refractivity contribution < 1.29 is 19.8 Å². The molecule has 1 rings (SSSR count). The van der Waals surface area contributed by atoms with Crippen molar-refractivity contribution in [1.82, 2.24) is 0 Å². The Morgan fingerprint density at radius 3 is 2.65 bits per heavy atom. The molecule has 1 aromatic rings. The molecule has 6 heteroatoms. The predicted octanol–water partition coefficient (Wildman–Crippen LogP) is 0.441. The summed E-state index contributed by atoms with van der Waals surface area (Å²) in [5, 5.41) is 20.3. The number of aryl methyl sites for hydroxylation is 1. The Bertz CT molecular complexity index is 445. The molecule has 0 saturated carbocycles. The lowest BCUT2D eigenvalue weighted by atomic mass is 10.2. The first-order valence-corrected chi connectivity index (χ1v) is 4.98. The van der Waals surface area contributed by atoms with Gasteiger partial charge in [0.25, 0.3) is 0 Å². The fourth-order valence-electron chi connectivity index (χ4n) is 1.20. The highest BCUT2D eigenvalue weighted by molar-refractivity contribution is 5.96. The van der Waals surface area contributed by atoms with Gasteiger partial charge in [-0.3, -0.25) is 9.59 Å². The van der Waals surface area contributed by atoms with Crippen LogP contribution < -0.4 is 11.1 Å². The highest BCUT2D eigenvalue weighted by Gasteiger charge is 2.17. The molecule has 0 radical (unpaired) electrons. The van der Waals surface area contributed by atoms with E-state index in [2.05, 4.69) is 5.32 Å². The third kappa shape index (κ3) is 3.76. The van der Waals surface area contributed by atoms with Gasteiger partial charge < -0.3 is 21.3 Å². The molecule has 0 saturated heterocycles. The quantitative estimate of drug-likeness (QED) is 0.608. The van der Waals surface area contributed by atoms with E-state index in [1.54, 1.807) is 19.1 Å². The van der Waals surface area contributed by atoms with Crippen LogP contribution in [0.4, 0.5) is 5.69 Å². The van der Waals surface area contributed by atoms with Crippen LogP contribution in [0, 0.1) is 6.92 Å². The molecule has 17 heavy (non-hydrogen) atoms. The van der Waals surface area contributed by atoms with E-state index in [-0.39, 0.29) is 5.75 Å². The minimum atomic E-state index is -1.14. The first kappa shape index (κ1) is 13.0. The zero-order valence-electron chi connectivity index (χ0n) is 9.30. The van der Waals surface area contributed by atoms with Crippen LogP contribution in [-0.4, -0.2) is 28.1 Å². The molecule has 1 atom stereocenters. The fraction of sp³-hybridized carbons (Fsp3) is 0.273. The Balaban J connectivity index is 2.67. The van der Waals surface area contributed by atoms with Crippen molar-refractivity contribution in [3.63, 3.8) is 0 Å². The Hall–Kier alpha value is -2.08. The summed E-state index contributed by atoms with van der Waals surface area (Å²) in [6.07, 6.45) is -0.441. The fourth-order valence-corrected chi connectivity index (χ4v) is 1.20. The van der Waals surface area contributed by atoms with Crippen molar-refractivity contribution in [3.8, 4) is 5.75 Å². The maximum absolute atomic E-state index is 11.5. The highest BCUT2D eigenvalue weighted by Crippen LogP contribution is 2.20. The number of carboxylic acids is 1. The molecule has 5 N–H and O–H groups in total. The Kier molecular flexibility index (Phi) is 4.06. The Morgan fingerprint density at radius 1 is 1.47 bits per heavy atom. The number of phenols is 1. The first-order chi connectivity index (χ1) is 7.90. The number of amides is 1. The van der Waals surface area contributed by atoms with Gasteiger partial charge in [0.1, 0.15) is 5.75 Å². The number of hydrogen-bond donors (Lipinski definition) is 4. The molecule has 0 spiro atoms. The summed E-state index contributed by atoms with van der Waals surface area (Å²) in [6.45, 7) is 1.72. The van der Waals surface area contributed by atoms with Crippen LogP contribution in [0.3, 0.4) is 0 Å². The molecule has 0 aliphatic rings. The highest BCUT2D eigenvalue weighted by atomic mass is 16.4. The summed E-state index contributed by atoms with van der Waals surface area (Å²) < 4.78 is 0. The molecule has 6 nitrogen and oxygen atoms in total. The van der Waals surface area contributed by atoms with E-state index in [0.29, 0.717) is 11.3 Å². The summed E-state index contributed by atoms with van der Waals surface area (Å²) in [7, 11) is 0. The van der Waals surface area contributed by atoms with Crippen molar-refractivity contribution in [2.24, 2.45) is 5.73 Å². The largest absolute Gasteiger partial charge is 0.508 e. The van der Waals surface area contributed by atoms with Crippen molar-refractivity contribution >= 4 is 17.6 Å². The van der Waals surface area contributed by atoms with Gasteiger partial charge in [-0.2, -0.15) is 0 Å². The van der Waals surface area contributed by atoms with Crippen LogP contribution in [-0.2, 0) is 9.59 Å². The monoisotopic (exact) mass is 238 g/mol. The van der Waals surface area contributed by atoms with E-state index in [9.17, 15) is 14.7 Å². The van der Waals surface area contributed by atoms with Gasteiger partial charge in [0.05, 0.1) is 12.5 Å². The number of rotatable bonds is 4. The summed E-state index contributed by atoms with van der Waals surface area (Å²) in [4.78, 5) is 21.8. The molecule has 0 aliphatic heterocycles. The summed E-state index contributed by atoms with van der Waals surface area (Å²) in [5.41, 5.74) is 6.43. The molecule has 1 aromatic carbocycles. The number of hydrogen-bond acceptors (Lipinski definition) is 4. The maximum atomic E-state index is 11.5. The standard InChI is InChI=1S/C11H14N2O4/c1-6-2-3-7(4-9(6)14)13-11(17)8(12)5-10(15)16/h2-4,8,14H,5,12H2,1H3,(H,13,17)(H,15,16). The average molecular weight is 238 g/mol.